The summed E-state index contributed by atoms with van der Waals surface area (Å²) in [4.78, 5) is 38.0. The van der Waals surface area contributed by atoms with Crippen molar-refractivity contribution in [2.45, 2.75) is 181 Å². The van der Waals surface area contributed by atoms with E-state index in [1.54, 1.807) is 0 Å². The second-order valence-electron chi connectivity index (χ2n) is 16.3. The minimum absolute atomic E-state index is 0.156. The van der Waals surface area contributed by atoms with Gasteiger partial charge >= 0.3 is 17.9 Å². The molecule has 0 aliphatic heterocycles. The zero-order valence-corrected chi connectivity index (χ0v) is 43.2. The number of hydrogen-bond donors (Lipinski definition) is 0. The predicted octanol–water partition coefficient (Wildman–Crippen LogP) is 17.7. The van der Waals surface area contributed by atoms with Gasteiger partial charge in [0.15, 0.2) is 6.10 Å². The molecule has 1 atom stereocenters. The molecule has 0 radical (unpaired) electrons. The number of ether oxygens (including phenoxy) is 3. The monoisotopic (exact) mass is 945 g/mol. The van der Waals surface area contributed by atoms with Crippen LogP contribution in [-0.4, -0.2) is 37.2 Å². The standard InChI is InChI=1S/C63H92O6/c1-4-7-10-13-16-19-22-25-28-30-31-33-35-38-41-44-47-50-53-56-62(65)68-59-60(58-67-61(64)55-52-49-46-43-40-37-34-27-24-21-18-15-12-9-6-3)69-63(66)57-54-51-48-45-42-39-36-32-29-26-23-20-17-14-11-8-5-2/h7-12,16-21,25-29,31,33-34,36,38-41,43,45,47-48,50,60H,4-6,13-15,22-24,30,32,35,37,42,44,46,49,51-59H2,1-3H3/b10-7-,11-8-,12-9-,19-16-,20-17-,21-18-,28-25-,29-26-,33-31-,34-27-,39-36-,41-38-,43-40-,48-45-,50-47-. The third-order valence-corrected chi connectivity index (χ3v) is 9.90. The Morgan fingerprint density at radius 3 is 0.884 bits per heavy atom. The molecule has 0 aromatic heterocycles. The van der Waals surface area contributed by atoms with Crippen LogP contribution in [-0.2, 0) is 28.6 Å². The number of carbonyl (C=O) groups is 3. The summed E-state index contributed by atoms with van der Waals surface area (Å²) in [6.45, 7) is 6.11. The number of esters is 3. The Morgan fingerprint density at radius 2 is 0.551 bits per heavy atom. The SMILES string of the molecule is CC/C=C\C/C=C\C/C=C\C/C=C\C/C=C\C/C=C\CCC(=O)OCC(COC(=O)CCCC/C=C\C/C=C\C/C=C\C/C=C\CC)OC(=O)CCC/C=C\C/C=C\C/C=C\C/C=C\C/C=C\CC. The van der Waals surface area contributed by atoms with E-state index >= 15 is 0 Å². The first kappa shape index (κ1) is 63.5. The van der Waals surface area contributed by atoms with Crippen LogP contribution in [0.2, 0.25) is 0 Å². The van der Waals surface area contributed by atoms with Gasteiger partial charge in [0.1, 0.15) is 13.2 Å². The molecule has 0 aromatic carbocycles. The van der Waals surface area contributed by atoms with Gasteiger partial charge in [-0.05, 0) is 135 Å². The van der Waals surface area contributed by atoms with E-state index < -0.39 is 18.0 Å². The normalized spacial score (nSPS) is 13.6. The van der Waals surface area contributed by atoms with Gasteiger partial charge in [-0.3, -0.25) is 14.4 Å². The van der Waals surface area contributed by atoms with E-state index in [-0.39, 0.29) is 38.4 Å². The van der Waals surface area contributed by atoms with Crippen molar-refractivity contribution >= 4 is 17.9 Å². The van der Waals surface area contributed by atoms with Crippen molar-refractivity contribution in [1.82, 2.24) is 0 Å². The van der Waals surface area contributed by atoms with Crippen LogP contribution in [0, 0.1) is 0 Å². The maximum atomic E-state index is 12.8. The highest BCUT2D eigenvalue weighted by Crippen LogP contribution is 2.09. The lowest BCUT2D eigenvalue weighted by Gasteiger charge is -2.18. The van der Waals surface area contributed by atoms with Crippen LogP contribution in [0.4, 0.5) is 0 Å². The van der Waals surface area contributed by atoms with Crippen molar-refractivity contribution in [3.63, 3.8) is 0 Å². The number of allylic oxidation sites excluding steroid dienone is 30. The Balaban J connectivity index is 4.71. The number of carbonyl (C=O) groups excluding carboxylic acids is 3. The zero-order chi connectivity index (χ0) is 50.0. The summed E-state index contributed by atoms with van der Waals surface area (Å²) in [6, 6.07) is 0. The first-order chi connectivity index (χ1) is 34.0. The Bertz CT molecular complexity index is 1700. The molecule has 380 valence electrons. The lowest BCUT2D eigenvalue weighted by Crippen LogP contribution is -2.30. The molecule has 0 bridgehead atoms. The van der Waals surface area contributed by atoms with Gasteiger partial charge in [-0.2, -0.15) is 0 Å². The second kappa shape index (κ2) is 55.1. The Labute approximate surface area is 421 Å². The minimum atomic E-state index is -0.866. The summed E-state index contributed by atoms with van der Waals surface area (Å²) in [5.74, 6) is -1.16. The average Bonchev–Trinajstić information content (AvgIpc) is 3.35. The van der Waals surface area contributed by atoms with E-state index in [2.05, 4.69) is 191 Å². The summed E-state index contributed by atoms with van der Waals surface area (Å²) in [5.41, 5.74) is 0. The van der Waals surface area contributed by atoms with Gasteiger partial charge in [0.05, 0.1) is 0 Å². The summed E-state index contributed by atoms with van der Waals surface area (Å²) in [6.07, 6.45) is 83.2. The predicted molar refractivity (Wildman–Crippen MR) is 297 cm³/mol. The average molecular weight is 945 g/mol. The number of unbranched alkanes of at least 4 members (excludes halogenated alkanes) is 3. The molecule has 6 nitrogen and oxygen atoms in total. The Kier molecular flexibility index (Phi) is 50.7. The molecule has 0 aromatic rings. The maximum Gasteiger partial charge on any atom is 0.306 e. The van der Waals surface area contributed by atoms with Gasteiger partial charge < -0.3 is 14.2 Å². The molecule has 0 aliphatic rings. The van der Waals surface area contributed by atoms with E-state index in [9.17, 15) is 14.4 Å². The highest BCUT2D eigenvalue weighted by molar-refractivity contribution is 5.71. The Morgan fingerprint density at radius 1 is 0.290 bits per heavy atom. The van der Waals surface area contributed by atoms with Crippen molar-refractivity contribution in [2.24, 2.45) is 0 Å². The Hall–Kier alpha value is -5.49. The number of rotatable bonds is 44. The molecule has 0 fully saturated rings. The molecule has 0 amide bonds. The molecule has 1 unspecified atom stereocenters. The molecule has 0 aliphatic carbocycles. The van der Waals surface area contributed by atoms with E-state index in [1.807, 2.05) is 12.2 Å². The zero-order valence-electron chi connectivity index (χ0n) is 43.2. The van der Waals surface area contributed by atoms with Gasteiger partial charge in [0, 0.05) is 19.3 Å². The third-order valence-electron chi connectivity index (χ3n) is 9.90. The lowest BCUT2D eigenvalue weighted by molar-refractivity contribution is -0.166. The molecule has 0 saturated carbocycles. The first-order valence-corrected chi connectivity index (χ1v) is 26.3. The topological polar surface area (TPSA) is 78.9 Å². The maximum absolute atomic E-state index is 12.8. The molecule has 0 spiro atoms. The van der Waals surface area contributed by atoms with Gasteiger partial charge in [-0.1, -0.05) is 203 Å². The largest absolute Gasteiger partial charge is 0.462 e. The van der Waals surface area contributed by atoms with Crippen LogP contribution >= 0.6 is 0 Å². The molecule has 0 rings (SSSR count). The van der Waals surface area contributed by atoms with Crippen molar-refractivity contribution in [1.29, 1.82) is 0 Å². The minimum Gasteiger partial charge on any atom is -0.462 e. The first-order valence-electron chi connectivity index (χ1n) is 26.3. The lowest BCUT2D eigenvalue weighted by atomic mass is 10.2. The molecule has 0 heterocycles. The number of hydrogen-bond acceptors (Lipinski definition) is 6. The highest BCUT2D eigenvalue weighted by Gasteiger charge is 2.19. The molecular weight excluding hydrogens is 853 g/mol. The summed E-state index contributed by atoms with van der Waals surface area (Å²) < 4.78 is 16.6. The van der Waals surface area contributed by atoms with Gasteiger partial charge in [-0.25, -0.2) is 0 Å². The van der Waals surface area contributed by atoms with Crippen molar-refractivity contribution < 1.29 is 28.6 Å². The van der Waals surface area contributed by atoms with E-state index in [1.165, 1.54) is 0 Å². The fourth-order valence-electron chi connectivity index (χ4n) is 6.08. The van der Waals surface area contributed by atoms with Crippen LogP contribution in [0.5, 0.6) is 0 Å². The highest BCUT2D eigenvalue weighted by atomic mass is 16.6. The summed E-state index contributed by atoms with van der Waals surface area (Å²) >= 11 is 0. The van der Waals surface area contributed by atoms with Crippen LogP contribution in [0.1, 0.15) is 175 Å². The van der Waals surface area contributed by atoms with E-state index in [0.29, 0.717) is 19.3 Å². The third kappa shape index (κ3) is 53.3. The van der Waals surface area contributed by atoms with Crippen LogP contribution in [0.3, 0.4) is 0 Å². The fraction of sp³-hybridized carbons (Fsp3) is 0.476. The smallest absolute Gasteiger partial charge is 0.306 e. The summed E-state index contributed by atoms with van der Waals surface area (Å²) in [7, 11) is 0. The van der Waals surface area contributed by atoms with Crippen LogP contribution < -0.4 is 0 Å². The molecule has 6 heteroatoms. The van der Waals surface area contributed by atoms with Crippen LogP contribution in [0.15, 0.2) is 182 Å². The van der Waals surface area contributed by atoms with Crippen molar-refractivity contribution in [3.05, 3.63) is 182 Å². The van der Waals surface area contributed by atoms with E-state index in [4.69, 9.17) is 14.2 Å². The molecular formula is C63H92O6. The molecule has 0 saturated heterocycles. The van der Waals surface area contributed by atoms with Crippen LogP contribution in [0.25, 0.3) is 0 Å². The van der Waals surface area contributed by atoms with Crippen molar-refractivity contribution in [2.75, 3.05) is 13.2 Å². The fourth-order valence-corrected chi connectivity index (χ4v) is 6.08. The van der Waals surface area contributed by atoms with E-state index in [0.717, 1.165) is 116 Å². The van der Waals surface area contributed by atoms with Gasteiger partial charge in [0.2, 0.25) is 0 Å². The second-order valence-corrected chi connectivity index (χ2v) is 16.3. The van der Waals surface area contributed by atoms with Gasteiger partial charge in [-0.15, -0.1) is 0 Å². The van der Waals surface area contributed by atoms with Crippen molar-refractivity contribution in [3.8, 4) is 0 Å². The quantitative estimate of drug-likeness (QED) is 0.0262. The summed E-state index contributed by atoms with van der Waals surface area (Å²) in [5, 5.41) is 0. The molecule has 69 heavy (non-hydrogen) atoms. The molecule has 0 N–H and O–H groups in total. The van der Waals surface area contributed by atoms with Gasteiger partial charge in [0.25, 0.3) is 0 Å².